The minimum atomic E-state index is -0.406. The van der Waals surface area contributed by atoms with E-state index in [0.717, 1.165) is 153 Å². The maximum atomic E-state index is 11.1. The normalized spacial score (nSPS) is 11.0. The van der Waals surface area contributed by atoms with Crippen molar-refractivity contribution in [2.45, 2.75) is 80.1 Å². The first-order valence-corrected chi connectivity index (χ1v) is 33.0. The summed E-state index contributed by atoms with van der Waals surface area (Å²) in [6.45, 7) is 20.1. The van der Waals surface area contributed by atoms with Crippen molar-refractivity contribution < 1.29 is 57.9 Å². The summed E-state index contributed by atoms with van der Waals surface area (Å²) in [7, 11) is 0. The summed E-state index contributed by atoms with van der Waals surface area (Å²) in [5, 5.41) is 17.4. The smallest absolute Gasteiger partial charge is 0.330 e. The van der Waals surface area contributed by atoms with Gasteiger partial charge >= 0.3 is 17.9 Å². The van der Waals surface area contributed by atoms with E-state index in [1.807, 2.05) is 186 Å². The van der Waals surface area contributed by atoms with E-state index in [1.54, 1.807) is 48.5 Å². The molecule has 0 aromatic heterocycles. The fourth-order valence-electron chi connectivity index (χ4n) is 8.38. The molecule has 23 heteroatoms. The van der Waals surface area contributed by atoms with E-state index in [0.29, 0.717) is 56.5 Å². The van der Waals surface area contributed by atoms with Crippen molar-refractivity contribution in [3.63, 3.8) is 0 Å². The first kappa shape index (κ1) is 85.9. The van der Waals surface area contributed by atoms with E-state index in [4.69, 9.17) is 45.6 Å². The molecule has 0 unspecified atom stereocenters. The number of nitrogens with zero attached hydrogens (tertiary/aromatic N) is 6. The van der Waals surface area contributed by atoms with E-state index >= 15 is 0 Å². The molecule has 0 aliphatic carbocycles. The molecule has 0 saturated heterocycles. The fourth-order valence-corrected chi connectivity index (χ4v) is 8.38. The molecule has 0 fully saturated rings. The van der Waals surface area contributed by atoms with Crippen LogP contribution in [0, 0.1) is 0 Å². The van der Waals surface area contributed by atoms with Crippen LogP contribution in [-0.4, -0.2) is 110 Å². The number of carbonyl (C=O) groups excluding carboxylic acids is 5. The number of unbranched alkanes of at least 4 members (excludes halogenated alkanes) is 3. The SMILES string of the molecule is C/C(=N\N=C(/C)c1ccc(N)cc1)c1ccc(N)cc1.C=CC(=O)OCCCCOc1ccc(C=Nc2ccc(/C(C)=N/N=C(\C)c3ccc(N=Cc4ccc(OCCCCOC(C)=O)cc4)cc3)cc2)cc1.C=CC(=O)OCCCCOc1ccc(C=O)cc1.CC(=O)c1ccc(N)cc1.NN.O. The number of hydrogen-bond donors (Lipinski definition) is 5. The molecule has 546 valence electrons. The summed E-state index contributed by atoms with van der Waals surface area (Å²) < 4.78 is 31.7. The molecule has 8 aromatic rings. The number of Topliss-reactive ketones (excluding diaryl/α,β-unsaturated/α-hetero) is 1. The first-order valence-electron chi connectivity index (χ1n) is 33.0. The Hall–Kier alpha value is -12.3. The highest BCUT2D eigenvalue weighted by atomic mass is 16.5. The van der Waals surface area contributed by atoms with Gasteiger partial charge in [0.15, 0.2) is 5.78 Å². The molecule has 8 rings (SSSR count). The lowest BCUT2D eigenvalue weighted by atomic mass is 10.1. The van der Waals surface area contributed by atoms with Gasteiger partial charge in [0.2, 0.25) is 0 Å². The van der Waals surface area contributed by atoms with E-state index < -0.39 is 11.9 Å². The number of rotatable bonds is 32. The molecule has 0 aliphatic rings. The molecular weight excluding hydrogens is 1320 g/mol. The van der Waals surface area contributed by atoms with Crippen molar-refractivity contribution in [2.24, 2.45) is 42.1 Å². The second-order valence-electron chi connectivity index (χ2n) is 22.3. The summed E-state index contributed by atoms with van der Waals surface area (Å²) in [5.74, 6) is 9.29. The number of aldehydes is 1. The number of esters is 3. The Balaban J connectivity index is 0.000000443. The van der Waals surface area contributed by atoms with E-state index in [1.165, 1.54) is 13.8 Å². The standard InChI is InChI=1S/C43H46N4O6.C16H18N4.C14H16O4.C8H9NO.H4N2.H2O/c1-5-43(49)53-29-9-8-28-52-42-24-12-36(13-25-42)31-45-40-20-16-38(17-21-40)33(3)47-46-32(2)37-14-18-39(19-15-37)44-30-35-10-22-41(23-11-35)51-27-7-6-26-50-34(4)48;1-11(13-3-7-15(17)8-4-13)19-20-12(2)14-5-9-16(18)10-6-14;1-2-14(16)18-10-4-3-9-17-13-7-5-12(11-15)6-8-13;1-6(10)7-2-4-8(9)5-3-7;1-2;/h5,10-25,30-31H,1,6-9,26-29H2,2-4H3;3-10H,17-18H2,1-2H3;2,5-8,11H,1,3-4,9-10H2;2-5H,9H2,1H3;1-2H2;1H2/b44-30?,45-31?,46-32+,47-33+;19-11+,20-12+;;;;. The van der Waals surface area contributed by atoms with Crippen molar-refractivity contribution in [3.05, 3.63) is 264 Å². The van der Waals surface area contributed by atoms with Crippen LogP contribution in [0.25, 0.3) is 0 Å². The Morgan fingerprint density at radius 3 is 0.885 bits per heavy atom. The molecule has 0 saturated carbocycles. The van der Waals surface area contributed by atoms with Crippen LogP contribution in [0.4, 0.5) is 28.4 Å². The predicted molar refractivity (Wildman–Crippen MR) is 419 cm³/mol. The van der Waals surface area contributed by atoms with Crippen molar-refractivity contribution in [2.75, 3.05) is 56.8 Å². The zero-order valence-electron chi connectivity index (χ0n) is 59.8. The molecule has 23 nitrogen and oxygen atoms in total. The van der Waals surface area contributed by atoms with E-state index in [2.05, 4.69) is 55.2 Å². The molecule has 8 aromatic carbocycles. The van der Waals surface area contributed by atoms with Crippen LogP contribution in [0.5, 0.6) is 17.2 Å². The number of nitrogen functional groups attached to an aromatic ring is 3. The molecule has 0 aliphatic heterocycles. The highest BCUT2D eigenvalue weighted by Gasteiger charge is 2.06. The molecule has 0 radical (unpaired) electrons. The van der Waals surface area contributed by atoms with Crippen LogP contribution >= 0.6 is 0 Å². The van der Waals surface area contributed by atoms with Crippen LogP contribution in [0.15, 0.2) is 250 Å². The van der Waals surface area contributed by atoms with Crippen molar-refractivity contribution in [3.8, 4) is 17.2 Å². The van der Waals surface area contributed by atoms with Crippen molar-refractivity contribution in [1.82, 2.24) is 0 Å². The Morgan fingerprint density at radius 1 is 0.356 bits per heavy atom. The Morgan fingerprint density at radius 2 is 0.615 bits per heavy atom. The molecular formula is C81H95N11O12. The van der Waals surface area contributed by atoms with Gasteiger partial charge in [-0.1, -0.05) is 61.7 Å². The van der Waals surface area contributed by atoms with E-state index in [9.17, 15) is 24.0 Å². The predicted octanol–water partition coefficient (Wildman–Crippen LogP) is 14.0. The molecule has 0 heterocycles. The summed E-state index contributed by atoms with van der Waals surface area (Å²) in [4.78, 5) is 62.9. The summed E-state index contributed by atoms with van der Waals surface area (Å²) in [5.41, 5.74) is 31.0. The van der Waals surface area contributed by atoms with Gasteiger partial charge in [0.25, 0.3) is 0 Å². The number of hydrogen-bond acceptors (Lipinski definition) is 22. The maximum absolute atomic E-state index is 11.1. The van der Waals surface area contributed by atoms with Crippen LogP contribution in [-0.2, 0) is 28.6 Å². The van der Waals surface area contributed by atoms with Gasteiger partial charge in [-0.25, -0.2) is 9.59 Å². The molecule has 0 spiro atoms. The maximum Gasteiger partial charge on any atom is 0.330 e. The average Bonchev–Trinajstić information content (AvgIpc) is 0.881. The van der Waals surface area contributed by atoms with E-state index in [-0.39, 0.29) is 17.2 Å². The lowest BCUT2D eigenvalue weighted by Crippen LogP contribution is -2.04. The van der Waals surface area contributed by atoms with Crippen LogP contribution in [0.2, 0.25) is 0 Å². The fraction of sp³-hybridized carbons (Fsp3) is 0.222. The number of nitrogens with two attached hydrogens (primary N) is 5. The van der Waals surface area contributed by atoms with Crippen LogP contribution in [0.3, 0.4) is 0 Å². The average molecular weight is 1410 g/mol. The third-order valence-electron chi connectivity index (χ3n) is 14.3. The van der Waals surface area contributed by atoms with Crippen molar-refractivity contribution >= 4 is 93.7 Å². The minimum Gasteiger partial charge on any atom is -0.494 e. The highest BCUT2D eigenvalue weighted by Crippen LogP contribution is 2.20. The Labute approximate surface area is 608 Å². The number of anilines is 3. The molecule has 104 heavy (non-hydrogen) atoms. The second-order valence-corrected chi connectivity index (χ2v) is 22.3. The third-order valence-corrected chi connectivity index (χ3v) is 14.3. The zero-order valence-corrected chi connectivity index (χ0v) is 59.8. The van der Waals surface area contributed by atoms with Gasteiger partial charge in [-0.3, -0.25) is 36.1 Å². The summed E-state index contributed by atoms with van der Waals surface area (Å²) in [6, 6.07) is 60.1. The van der Waals surface area contributed by atoms with Gasteiger partial charge in [-0.05, 0) is 252 Å². The largest absolute Gasteiger partial charge is 0.494 e. The highest BCUT2D eigenvalue weighted by molar-refractivity contribution is 6.03. The van der Waals surface area contributed by atoms with Gasteiger partial charge in [-0.2, -0.15) is 20.4 Å². The number of aliphatic imine (C=N–C) groups is 2. The van der Waals surface area contributed by atoms with Crippen molar-refractivity contribution in [1.29, 1.82) is 0 Å². The zero-order chi connectivity index (χ0) is 75.0. The Bertz CT molecular complexity index is 4030. The first-order chi connectivity index (χ1) is 49.8. The lowest BCUT2D eigenvalue weighted by Gasteiger charge is -2.06. The quantitative estimate of drug-likeness (QED) is 0.00250. The van der Waals surface area contributed by atoms with Crippen LogP contribution in [0.1, 0.15) is 134 Å². The molecule has 0 bridgehead atoms. The monoisotopic (exact) mass is 1410 g/mol. The molecule has 0 amide bonds. The number of carbonyl (C=O) groups is 5. The van der Waals surface area contributed by atoms with Crippen LogP contribution < -0.4 is 43.1 Å². The van der Waals surface area contributed by atoms with Gasteiger partial charge in [0, 0.05) is 59.7 Å². The molecule has 0 atom stereocenters. The number of ketones is 1. The van der Waals surface area contributed by atoms with Gasteiger partial charge in [0.05, 0.1) is 73.9 Å². The van der Waals surface area contributed by atoms with Gasteiger partial charge < -0.3 is 51.1 Å². The van der Waals surface area contributed by atoms with Gasteiger partial charge in [0.1, 0.15) is 23.5 Å². The number of ether oxygens (including phenoxy) is 6. The Kier molecular flexibility index (Phi) is 41.4. The second kappa shape index (κ2) is 50.1. The minimum absolute atomic E-state index is 0. The third kappa shape index (κ3) is 35.6. The lowest BCUT2D eigenvalue weighted by molar-refractivity contribution is -0.141. The summed E-state index contributed by atoms with van der Waals surface area (Å²) in [6.07, 6.45) is 11.3. The topological polar surface area (TPSA) is 376 Å². The summed E-state index contributed by atoms with van der Waals surface area (Å²) >= 11 is 0. The molecule has 12 N–H and O–H groups in total. The number of hydrazine groups is 1. The number of benzene rings is 8. The van der Waals surface area contributed by atoms with Gasteiger partial charge in [-0.15, -0.1) is 0 Å².